The molecule has 2 heterocycles. The lowest BCUT2D eigenvalue weighted by molar-refractivity contribution is 0.0588. The monoisotopic (exact) mass is 573 g/mol. The molecule has 4 N–H and O–H groups in total. The molecule has 10 nitrogen and oxygen atoms in total. The summed E-state index contributed by atoms with van der Waals surface area (Å²) >= 11 is 1.14. The van der Waals surface area contributed by atoms with Gasteiger partial charge in [-0.3, -0.25) is 18.8 Å². The number of halogens is 2. The maximum atomic E-state index is 14.7. The standard InChI is InChI=1S/C27H29F2N5O5S/c1-27(2,38)14-34-23(35)21-17(12-30-3)22(15-8-10-16(11-9-15)31-25(36)32-39-4)40-24(21)33(26(34)37)13-18-19(28)6-5-7-20(18)29/h5-11,30,38H,12-14H2,1-4H3,(H2,31,32,36). The van der Waals surface area contributed by atoms with Crippen molar-refractivity contribution in [2.75, 3.05) is 19.5 Å². The van der Waals surface area contributed by atoms with Crippen molar-refractivity contribution in [3.63, 3.8) is 0 Å². The van der Waals surface area contributed by atoms with Gasteiger partial charge in [-0.05, 0) is 56.3 Å². The third-order valence-corrected chi connectivity index (χ3v) is 7.33. The summed E-state index contributed by atoms with van der Waals surface area (Å²) in [6.45, 7) is 2.38. The second kappa shape index (κ2) is 11.7. The van der Waals surface area contributed by atoms with E-state index < -0.39 is 41.1 Å². The van der Waals surface area contributed by atoms with Gasteiger partial charge in [0.25, 0.3) is 5.56 Å². The van der Waals surface area contributed by atoms with Gasteiger partial charge in [-0.2, -0.15) is 0 Å². The van der Waals surface area contributed by atoms with Gasteiger partial charge in [-0.15, -0.1) is 11.3 Å². The zero-order valence-electron chi connectivity index (χ0n) is 22.3. The molecule has 2 aromatic heterocycles. The topological polar surface area (TPSA) is 127 Å². The van der Waals surface area contributed by atoms with E-state index in [4.69, 9.17) is 0 Å². The minimum absolute atomic E-state index is 0.205. The van der Waals surface area contributed by atoms with Crippen molar-refractivity contribution in [1.82, 2.24) is 19.9 Å². The number of aromatic nitrogens is 2. The highest BCUT2D eigenvalue weighted by Crippen LogP contribution is 2.37. The van der Waals surface area contributed by atoms with Crippen molar-refractivity contribution in [2.45, 2.75) is 39.1 Å². The SMILES string of the molecule is CNCc1c(-c2ccc(NC(=O)NOC)cc2)sc2c1c(=O)n(CC(C)(C)O)c(=O)n2Cc1c(F)cccc1F. The Morgan fingerprint density at radius 3 is 2.27 bits per heavy atom. The van der Waals surface area contributed by atoms with Crippen LogP contribution in [0.5, 0.6) is 0 Å². The van der Waals surface area contributed by atoms with Crippen molar-refractivity contribution in [3.8, 4) is 10.4 Å². The molecule has 4 rings (SSSR count). The molecule has 0 aliphatic heterocycles. The molecule has 0 spiro atoms. The Hall–Kier alpha value is -3.91. The van der Waals surface area contributed by atoms with E-state index >= 15 is 0 Å². The van der Waals surface area contributed by atoms with E-state index in [0.717, 1.165) is 28.0 Å². The first-order valence-electron chi connectivity index (χ1n) is 12.2. The summed E-state index contributed by atoms with van der Waals surface area (Å²) in [6, 6.07) is 9.66. The quantitative estimate of drug-likeness (QED) is 0.228. The molecule has 0 aliphatic carbocycles. The van der Waals surface area contributed by atoms with Crippen LogP contribution >= 0.6 is 11.3 Å². The summed E-state index contributed by atoms with van der Waals surface area (Å²) in [4.78, 5) is 44.6. The molecule has 0 saturated heterocycles. The Bertz CT molecular complexity index is 1650. The third kappa shape index (κ3) is 5.97. The first kappa shape index (κ1) is 29.1. The molecule has 0 saturated carbocycles. The number of thiophene rings is 1. The van der Waals surface area contributed by atoms with Crippen molar-refractivity contribution in [3.05, 3.63) is 86.1 Å². The number of nitrogens with zero attached hydrogens (tertiary/aromatic N) is 2. The number of nitrogens with one attached hydrogen (secondary N) is 3. The molecule has 0 aliphatic rings. The number of carbonyl (C=O) groups is 1. The van der Waals surface area contributed by atoms with Gasteiger partial charge in [0.2, 0.25) is 0 Å². The number of fused-ring (bicyclic) bond motifs is 1. The molecular formula is C27H29F2N5O5S. The number of rotatable bonds is 9. The lowest BCUT2D eigenvalue weighted by Gasteiger charge is -2.20. The fourth-order valence-corrected chi connectivity index (χ4v) is 5.67. The molecule has 0 fully saturated rings. The summed E-state index contributed by atoms with van der Waals surface area (Å²) in [5, 5.41) is 16.3. The van der Waals surface area contributed by atoms with Gasteiger partial charge in [-0.25, -0.2) is 23.9 Å². The highest BCUT2D eigenvalue weighted by Gasteiger charge is 2.26. The van der Waals surface area contributed by atoms with Gasteiger partial charge in [-0.1, -0.05) is 18.2 Å². The van der Waals surface area contributed by atoms with Crippen molar-refractivity contribution in [1.29, 1.82) is 0 Å². The van der Waals surface area contributed by atoms with Crippen LogP contribution in [0.1, 0.15) is 25.0 Å². The average Bonchev–Trinajstić information content (AvgIpc) is 3.25. The fraction of sp³-hybridized carbons (Fsp3) is 0.296. The molecule has 13 heteroatoms. The zero-order valence-corrected chi connectivity index (χ0v) is 23.1. The molecule has 0 atom stereocenters. The summed E-state index contributed by atoms with van der Waals surface area (Å²) < 4.78 is 31.4. The van der Waals surface area contributed by atoms with Gasteiger partial charge < -0.3 is 15.7 Å². The van der Waals surface area contributed by atoms with Crippen LogP contribution in [0.25, 0.3) is 20.7 Å². The van der Waals surface area contributed by atoms with E-state index in [9.17, 15) is 28.3 Å². The highest BCUT2D eigenvalue weighted by atomic mass is 32.1. The molecule has 40 heavy (non-hydrogen) atoms. The number of carbonyl (C=O) groups excluding carboxylic acids is 1. The van der Waals surface area contributed by atoms with Crippen LogP contribution in [0.3, 0.4) is 0 Å². The Labute approximate surface area is 231 Å². The number of aliphatic hydroxyl groups is 1. The lowest BCUT2D eigenvalue weighted by Crippen LogP contribution is -2.45. The maximum absolute atomic E-state index is 14.7. The van der Waals surface area contributed by atoms with E-state index in [1.807, 2.05) is 0 Å². The van der Waals surface area contributed by atoms with Crippen LogP contribution < -0.4 is 27.4 Å². The summed E-state index contributed by atoms with van der Waals surface area (Å²) in [7, 11) is 3.01. The van der Waals surface area contributed by atoms with Crippen LogP contribution in [0.2, 0.25) is 0 Å². The molecule has 2 amide bonds. The molecule has 2 aromatic carbocycles. The number of hydrogen-bond acceptors (Lipinski definition) is 7. The van der Waals surface area contributed by atoms with Crippen LogP contribution in [0, 0.1) is 11.6 Å². The first-order valence-corrected chi connectivity index (χ1v) is 13.1. The number of benzene rings is 2. The number of anilines is 1. The van der Waals surface area contributed by atoms with Crippen LogP contribution in [-0.4, -0.2) is 40.0 Å². The Balaban J connectivity index is 1.97. The molecular weight excluding hydrogens is 544 g/mol. The number of hydrogen-bond donors (Lipinski definition) is 4. The maximum Gasteiger partial charge on any atom is 0.343 e. The van der Waals surface area contributed by atoms with Crippen LogP contribution in [0.15, 0.2) is 52.1 Å². The predicted octanol–water partition coefficient (Wildman–Crippen LogP) is 3.39. The van der Waals surface area contributed by atoms with E-state index in [1.54, 1.807) is 31.3 Å². The molecule has 0 radical (unpaired) electrons. The Kier molecular flexibility index (Phi) is 8.49. The zero-order chi connectivity index (χ0) is 29.2. The molecule has 212 valence electrons. The minimum Gasteiger partial charge on any atom is -0.389 e. The first-order chi connectivity index (χ1) is 18.9. The second-order valence-corrected chi connectivity index (χ2v) is 10.7. The van der Waals surface area contributed by atoms with Crippen molar-refractivity contribution >= 4 is 33.3 Å². The largest absolute Gasteiger partial charge is 0.389 e. The van der Waals surface area contributed by atoms with Gasteiger partial charge in [0.05, 0.1) is 31.2 Å². The Morgan fingerprint density at radius 1 is 1.05 bits per heavy atom. The highest BCUT2D eigenvalue weighted by molar-refractivity contribution is 7.22. The Morgan fingerprint density at radius 2 is 1.70 bits per heavy atom. The number of hydroxylamine groups is 1. The van der Waals surface area contributed by atoms with Gasteiger partial charge >= 0.3 is 11.7 Å². The van der Waals surface area contributed by atoms with Gasteiger partial charge in [0.1, 0.15) is 16.5 Å². The predicted molar refractivity (Wildman–Crippen MR) is 149 cm³/mol. The smallest absolute Gasteiger partial charge is 0.343 e. The van der Waals surface area contributed by atoms with E-state index in [1.165, 1.54) is 31.6 Å². The van der Waals surface area contributed by atoms with Crippen molar-refractivity contribution < 1.29 is 23.5 Å². The lowest BCUT2D eigenvalue weighted by atomic mass is 10.1. The minimum atomic E-state index is -1.42. The average molecular weight is 574 g/mol. The summed E-state index contributed by atoms with van der Waals surface area (Å²) in [6.07, 6.45) is 0. The third-order valence-electron chi connectivity index (χ3n) is 6.03. The van der Waals surface area contributed by atoms with Gasteiger partial charge in [0.15, 0.2) is 0 Å². The molecule has 4 aromatic rings. The van der Waals surface area contributed by atoms with Gasteiger partial charge in [0, 0.05) is 22.7 Å². The summed E-state index contributed by atoms with van der Waals surface area (Å²) in [5.41, 5.74) is 0.748. The van der Waals surface area contributed by atoms with Crippen LogP contribution in [0.4, 0.5) is 19.3 Å². The fourth-order valence-electron chi connectivity index (χ4n) is 4.36. The van der Waals surface area contributed by atoms with Crippen LogP contribution in [-0.2, 0) is 24.5 Å². The van der Waals surface area contributed by atoms with E-state index in [2.05, 4.69) is 21.0 Å². The summed E-state index contributed by atoms with van der Waals surface area (Å²) in [5.74, 6) is -1.65. The number of urea groups is 1. The van der Waals surface area contributed by atoms with E-state index in [-0.39, 0.29) is 28.9 Å². The normalized spacial score (nSPS) is 11.7. The van der Waals surface area contributed by atoms with E-state index in [0.29, 0.717) is 21.7 Å². The molecule has 0 bridgehead atoms. The molecule has 0 unspecified atom stereocenters. The second-order valence-electron chi connectivity index (χ2n) is 9.73. The van der Waals surface area contributed by atoms with Crippen molar-refractivity contribution in [2.24, 2.45) is 0 Å². The number of amides is 2.